The van der Waals surface area contributed by atoms with Crippen LogP contribution in [0.4, 0.5) is 10.1 Å². The zero-order valence-corrected chi connectivity index (χ0v) is 16.7. The van der Waals surface area contributed by atoms with Gasteiger partial charge in [-0.05, 0) is 41.8 Å². The lowest BCUT2D eigenvalue weighted by Gasteiger charge is -2.24. The van der Waals surface area contributed by atoms with Gasteiger partial charge in [-0.1, -0.05) is 0 Å². The molecule has 2 aromatic heterocycles. The summed E-state index contributed by atoms with van der Waals surface area (Å²) in [6, 6.07) is 3.03. The van der Waals surface area contributed by atoms with E-state index in [4.69, 9.17) is 5.73 Å². The number of rotatable bonds is 4. The number of carbonyl (C=O) groups excluding carboxylic acids is 2. The molecular formula is C18H18BrFN6O2. The van der Waals surface area contributed by atoms with Crippen LogP contribution in [0.5, 0.6) is 0 Å². The number of hydrogen-bond donors (Lipinski definition) is 2. The minimum absolute atomic E-state index is 0.0871. The number of nitriles is 1. The van der Waals surface area contributed by atoms with Gasteiger partial charge in [-0.25, -0.2) is 8.91 Å². The maximum atomic E-state index is 15.3. The quantitative estimate of drug-likeness (QED) is 0.739. The molecule has 146 valence electrons. The van der Waals surface area contributed by atoms with E-state index in [0.29, 0.717) is 24.0 Å². The van der Waals surface area contributed by atoms with Gasteiger partial charge in [0.1, 0.15) is 11.1 Å². The smallest absolute Gasteiger partial charge is 0.252 e. The largest absolute Gasteiger partial charge is 0.375 e. The van der Waals surface area contributed by atoms with E-state index in [1.165, 1.54) is 18.0 Å². The number of nitrogens with two attached hydrogens (primary N) is 1. The summed E-state index contributed by atoms with van der Waals surface area (Å²) in [6.07, 6.45) is 4.05. The van der Waals surface area contributed by atoms with Crippen molar-refractivity contribution in [3.63, 3.8) is 0 Å². The first-order valence-corrected chi connectivity index (χ1v) is 9.59. The highest BCUT2D eigenvalue weighted by atomic mass is 79.9. The van der Waals surface area contributed by atoms with E-state index < -0.39 is 23.0 Å². The van der Waals surface area contributed by atoms with Crippen molar-refractivity contribution in [3.8, 4) is 6.07 Å². The molecule has 1 saturated carbocycles. The Labute approximate surface area is 168 Å². The number of likely N-dealkylation sites (tertiary alicyclic amines) is 1. The molecule has 2 atom stereocenters. The molecule has 1 aliphatic carbocycles. The van der Waals surface area contributed by atoms with E-state index in [-0.39, 0.29) is 24.6 Å². The molecular weight excluding hydrogens is 431 g/mol. The van der Waals surface area contributed by atoms with Crippen LogP contribution in [-0.2, 0) is 4.79 Å². The molecule has 8 nitrogen and oxygen atoms in total. The monoisotopic (exact) mass is 448 g/mol. The maximum Gasteiger partial charge on any atom is 0.252 e. The van der Waals surface area contributed by atoms with Crippen LogP contribution in [0.15, 0.2) is 22.9 Å². The molecule has 0 radical (unpaired) electrons. The number of anilines is 1. The van der Waals surface area contributed by atoms with Gasteiger partial charge in [-0.3, -0.25) is 9.59 Å². The minimum atomic E-state index is -1.75. The van der Waals surface area contributed by atoms with Crippen molar-refractivity contribution in [2.75, 3.05) is 18.4 Å². The molecule has 0 aromatic carbocycles. The van der Waals surface area contributed by atoms with E-state index in [9.17, 15) is 14.9 Å². The molecule has 2 fully saturated rings. The third kappa shape index (κ3) is 2.90. The molecule has 4 rings (SSSR count). The van der Waals surface area contributed by atoms with E-state index in [1.807, 2.05) is 0 Å². The van der Waals surface area contributed by atoms with Crippen LogP contribution < -0.4 is 11.1 Å². The predicted octanol–water partition coefficient (Wildman–Crippen LogP) is 1.85. The van der Waals surface area contributed by atoms with Crippen molar-refractivity contribution in [3.05, 3.63) is 28.5 Å². The number of aromatic nitrogens is 2. The summed E-state index contributed by atoms with van der Waals surface area (Å²) in [5.74, 6) is -1.02. The Morgan fingerprint density at radius 2 is 2.21 bits per heavy atom. The summed E-state index contributed by atoms with van der Waals surface area (Å²) in [4.78, 5) is 25.9. The van der Waals surface area contributed by atoms with Crippen molar-refractivity contribution < 1.29 is 14.0 Å². The summed E-state index contributed by atoms with van der Waals surface area (Å²) >= 11 is 3.36. The number of hydrogen-bond acceptors (Lipinski definition) is 5. The molecule has 0 bridgehead atoms. The summed E-state index contributed by atoms with van der Waals surface area (Å²) in [6.45, 7) is 1.37. The molecule has 10 heteroatoms. The number of halogens is 2. The third-order valence-corrected chi connectivity index (χ3v) is 5.91. The highest BCUT2D eigenvalue weighted by molar-refractivity contribution is 9.10. The molecule has 2 aromatic rings. The zero-order chi connectivity index (χ0) is 20.3. The van der Waals surface area contributed by atoms with Crippen molar-refractivity contribution in [1.82, 2.24) is 14.5 Å². The van der Waals surface area contributed by atoms with Gasteiger partial charge >= 0.3 is 0 Å². The van der Waals surface area contributed by atoms with E-state index in [1.54, 1.807) is 16.8 Å². The molecule has 28 heavy (non-hydrogen) atoms. The number of primary amides is 1. The Kier molecular flexibility index (Phi) is 4.12. The Morgan fingerprint density at radius 3 is 2.82 bits per heavy atom. The van der Waals surface area contributed by atoms with E-state index in [2.05, 4.69) is 32.4 Å². The molecule has 3 heterocycles. The molecule has 0 unspecified atom stereocenters. The topological polar surface area (TPSA) is 117 Å². The summed E-state index contributed by atoms with van der Waals surface area (Å²) in [5, 5.41) is 16.5. The SMILES string of the molecule is C[C@]1(F)CN(C(=O)C2(C#N)CC2)C[C@H]1Nc1c(C(N)=O)cnn2cc(Br)cc12. The number of fused-ring (bicyclic) bond motifs is 1. The third-order valence-electron chi connectivity index (χ3n) is 5.48. The van der Waals surface area contributed by atoms with Crippen LogP contribution in [0.3, 0.4) is 0 Å². The summed E-state index contributed by atoms with van der Waals surface area (Å²) < 4.78 is 17.6. The van der Waals surface area contributed by atoms with Gasteiger partial charge in [0, 0.05) is 17.2 Å². The molecule has 1 saturated heterocycles. The van der Waals surface area contributed by atoms with Crippen LogP contribution in [-0.4, -0.2) is 51.1 Å². The van der Waals surface area contributed by atoms with Gasteiger partial charge < -0.3 is 16.0 Å². The molecule has 1 aliphatic heterocycles. The Morgan fingerprint density at radius 1 is 1.50 bits per heavy atom. The van der Waals surface area contributed by atoms with Gasteiger partial charge in [-0.2, -0.15) is 10.4 Å². The zero-order valence-electron chi connectivity index (χ0n) is 15.1. The van der Waals surface area contributed by atoms with Crippen molar-refractivity contribution in [2.45, 2.75) is 31.5 Å². The number of nitrogens with one attached hydrogen (secondary N) is 1. The summed E-state index contributed by atoms with van der Waals surface area (Å²) in [5.41, 5.74) is 3.78. The highest BCUT2D eigenvalue weighted by Gasteiger charge is 2.56. The number of carbonyl (C=O) groups is 2. The van der Waals surface area contributed by atoms with Crippen molar-refractivity contribution in [1.29, 1.82) is 5.26 Å². The van der Waals surface area contributed by atoms with Gasteiger partial charge in [0.15, 0.2) is 0 Å². The first-order valence-electron chi connectivity index (χ1n) is 8.80. The van der Waals surface area contributed by atoms with Crippen molar-refractivity contribution >= 4 is 38.9 Å². The second-order valence-corrected chi connectivity index (χ2v) is 8.56. The predicted molar refractivity (Wildman–Crippen MR) is 102 cm³/mol. The Hall–Kier alpha value is -2.67. The molecule has 2 amide bonds. The standard InChI is InChI=1S/C18H18BrFN6O2/c1-17(20)9-25(16(28)18(8-21)2-3-18)7-13(17)24-14-11(15(22)27)5-23-26-6-10(19)4-12(14)26/h4-6,13,24H,2-3,7,9H2,1H3,(H2,22,27)/t13-,17+/m1/s1. The molecule has 3 N–H and O–H groups in total. The number of alkyl halides is 1. The fraction of sp³-hybridized carbons (Fsp3) is 0.444. The second kappa shape index (κ2) is 6.17. The van der Waals surface area contributed by atoms with Crippen LogP contribution in [0.25, 0.3) is 5.52 Å². The highest BCUT2D eigenvalue weighted by Crippen LogP contribution is 2.47. The van der Waals surface area contributed by atoms with E-state index >= 15 is 4.39 Å². The maximum absolute atomic E-state index is 15.3. The Balaban J connectivity index is 1.67. The fourth-order valence-corrected chi connectivity index (χ4v) is 4.06. The van der Waals surface area contributed by atoms with Gasteiger partial charge in [0.25, 0.3) is 5.91 Å². The first kappa shape index (κ1) is 18.7. The number of nitrogens with zero attached hydrogens (tertiary/aromatic N) is 4. The molecule has 0 spiro atoms. The van der Waals surface area contributed by atoms with Crippen molar-refractivity contribution in [2.24, 2.45) is 11.1 Å². The van der Waals surface area contributed by atoms with Crippen LogP contribution in [0, 0.1) is 16.7 Å². The second-order valence-electron chi connectivity index (χ2n) is 7.64. The first-order chi connectivity index (χ1) is 13.2. The van der Waals surface area contributed by atoms with Gasteiger partial charge in [0.05, 0.1) is 41.6 Å². The van der Waals surface area contributed by atoms with Gasteiger partial charge in [-0.15, -0.1) is 0 Å². The lowest BCUT2D eigenvalue weighted by molar-refractivity contribution is -0.134. The Bertz CT molecular complexity index is 1040. The lowest BCUT2D eigenvalue weighted by Crippen LogP contribution is -2.40. The average Bonchev–Trinajstić information content (AvgIpc) is 3.25. The van der Waals surface area contributed by atoms with Crippen LogP contribution >= 0.6 is 15.9 Å². The normalized spacial score (nSPS) is 25.5. The van der Waals surface area contributed by atoms with Crippen LogP contribution in [0.2, 0.25) is 0 Å². The van der Waals surface area contributed by atoms with Crippen LogP contribution in [0.1, 0.15) is 30.1 Å². The number of amides is 2. The fourth-order valence-electron chi connectivity index (χ4n) is 3.65. The van der Waals surface area contributed by atoms with E-state index in [0.717, 1.165) is 4.47 Å². The molecule has 2 aliphatic rings. The minimum Gasteiger partial charge on any atom is -0.375 e. The lowest BCUT2D eigenvalue weighted by atomic mass is 10.0. The summed E-state index contributed by atoms with van der Waals surface area (Å²) in [7, 11) is 0. The van der Waals surface area contributed by atoms with Gasteiger partial charge in [0.2, 0.25) is 5.91 Å². The average molecular weight is 449 g/mol.